The molecule has 0 atom stereocenters. The molecule has 1 aliphatic rings. The predicted octanol–water partition coefficient (Wildman–Crippen LogP) is 2.08. The molecule has 1 aliphatic heterocycles. The maximum atomic E-state index is 12.6. The zero-order chi connectivity index (χ0) is 20.8. The highest BCUT2D eigenvalue weighted by Gasteiger charge is 2.50. The van der Waals surface area contributed by atoms with Crippen LogP contribution in [-0.4, -0.2) is 62.0 Å². The van der Waals surface area contributed by atoms with Crippen molar-refractivity contribution in [1.29, 1.82) is 0 Å². The highest BCUT2D eigenvalue weighted by Crippen LogP contribution is 2.28. The van der Waals surface area contributed by atoms with E-state index in [1.807, 2.05) is 13.0 Å². The summed E-state index contributed by atoms with van der Waals surface area (Å²) < 4.78 is 66.8. The quantitative estimate of drug-likeness (QED) is 0.320. The third kappa shape index (κ3) is 6.84. The first-order chi connectivity index (χ1) is 13.2. The summed E-state index contributed by atoms with van der Waals surface area (Å²) in [5, 5.41) is 6.22. The Morgan fingerprint density at radius 2 is 2.03 bits per heavy atom. The van der Waals surface area contributed by atoms with Crippen LogP contribution >= 0.6 is 24.0 Å². The fourth-order valence-corrected chi connectivity index (χ4v) is 3.76. The van der Waals surface area contributed by atoms with Gasteiger partial charge < -0.3 is 15.4 Å². The number of alkyl halides is 3. The number of hydrogen-bond acceptors (Lipinski definition) is 5. The van der Waals surface area contributed by atoms with Gasteiger partial charge in [-0.05, 0) is 25.8 Å². The lowest BCUT2D eigenvalue weighted by atomic mass is 10.1. The van der Waals surface area contributed by atoms with E-state index < -0.39 is 15.5 Å². The highest BCUT2D eigenvalue weighted by atomic mass is 127. The minimum atomic E-state index is -5.27. The number of guanidine groups is 1. The fraction of sp³-hybridized carbons (Fsp3) is 0.625. The molecule has 0 spiro atoms. The maximum absolute atomic E-state index is 12.6. The van der Waals surface area contributed by atoms with Gasteiger partial charge in [-0.3, -0.25) is 4.99 Å². The molecule has 0 aliphatic carbocycles. The van der Waals surface area contributed by atoms with Gasteiger partial charge in [0.1, 0.15) is 0 Å². The molecule has 1 aromatic rings. The number of piperidine rings is 1. The molecule has 1 aromatic heterocycles. The Balaban J connectivity index is 0.00000420. The standard InChI is InChI=1S/C16H24F3N5O3S.HI/c1-3-27-14-12(5-4-8-21-14)11-22-15(20-2)23-13-6-9-24(10-7-13)28(25,26)16(17,18)19;/h4-5,8,13H,3,6-7,9-11H2,1-2H3,(H2,20,22,23);1H. The topological polar surface area (TPSA) is 95.9 Å². The van der Waals surface area contributed by atoms with E-state index in [2.05, 4.69) is 20.6 Å². The van der Waals surface area contributed by atoms with Gasteiger partial charge in [0, 0.05) is 44.5 Å². The van der Waals surface area contributed by atoms with Crippen LogP contribution in [0.1, 0.15) is 25.3 Å². The summed E-state index contributed by atoms with van der Waals surface area (Å²) in [7, 11) is -3.70. The second-order valence-corrected chi connectivity index (χ2v) is 8.02. The Morgan fingerprint density at radius 1 is 1.38 bits per heavy atom. The van der Waals surface area contributed by atoms with E-state index in [-0.39, 0.29) is 55.9 Å². The predicted molar refractivity (Wildman–Crippen MR) is 114 cm³/mol. The van der Waals surface area contributed by atoms with E-state index >= 15 is 0 Å². The first kappa shape index (κ1) is 25.7. The molecule has 0 radical (unpaired) electrons. The van der Waals surface area contributed by atoms with Crippen LogP contribution in [0.5, 0.6) is 5.88 Å². The van der Waals surface area contributed by atoms with E-state index in [4.69, 9.17) is 4.74 Å². The minimum Gasteiger partial charge on any atom is -0.478 e. The molecule has 0 aromatic carbocycles. The number of nitrogens with zero attached hydrogens (tertiary/aromatic N) is 3. The molecule has 1 saturated heterocycles. The van der Waals surface area contributed by atoms with Gasteiger partial charge in [-0.1, -0.05) is 6.07 Å². The third-order valence-electron chi connectivity index (χ3n) is 4.23. The van der Waals surface area contributed by atoms with E-state index in [0.29, 0.717) is 29.3 Å². The van der Waals surface area contributed by atoms with Gasteiger partial charge in [0.15, 0.2) is 5.96 Å². The normalized spacial score (nSPS) is 16.8. The van der Waals surface area contributed by atoms with Crippen molar-refractivity contribution in [3.05, 3.63) is 23.9 Å². The van der Waals surface area contributed by atoms with E-state index in [1.165, 1.54) is 0 Å². The van der Waals surface area contributed by atoms with Gasteiger partial charge in [0.2, 0.25) is 5.88 Å². The van der Waals surface area contributed by atoms with Crippen LogP contribution in [0.15, 0.2) is 23.3 Å². The second kappa shape index (κ2) is 11.2. The highest BCUT2D eigenvalue weighted by molar-refractivity contribution is 14.0. The average molecular weight is 551 g/mol. The molecule has 8 nitrogen and oxygen atoms in total. The van der Waals surface area contributed by atoms with E-state index in [1.54, 1.807) is 19.3 Å². The number of hydrogen-bond donors (Lipinski definition) is 2. The Hall–Kier alpha value is -1.35. The van der Waals surface area contributed by atoms with Crippen LogP contribution in [0, 0.1) is 0 Å². The molecule has 2 rings (SSSR count). The van der Waals surface area contributed by atoms with Crippen molar-refractivity contribution in [2.75, 3.05) is 26.7 Å². The van der Waals surface area contributed by atoms with Gasteiger partial charge in [0.05, 0.1) is 6.61 Å². The maximum Gasteiger partial charge on any atom is 0.511 e. The largest absolute Gasteiger partial charge is 0.511 e. The molecule has 0 saturated carbocycles. The number of sulfonamides is 1. The molecule has 2 N–H and O–H groups in total. The smallest absolute Gasteiger partial charge is 0.478 e. The lowest BCUT2D eigenvalue weighted by Gasteiger charge is -2.32. The lowest BCUT2D eigenvalue weighted by Crippen LogP contribution is -2.51. The SMILES string of the molecule is CCOc1ncccc1CNC(=NC)NC1CCN(S(=O)(=O)C(F)(F)F)CC1.I. The minimum absolute atomic E-state index is 0. The molecule has 29 heavy (non-hydrogen) atoms. The Kier molecular flexibility index (Phi) is 9.88. The van der Waals surface area contributed by atoms with Crippen LogP contribution < -0.4 is 15.4 Å². The summed E-state index contributed by atoms with van der Waals surface area (Å²) in [4.78, 5) is 8.26. The van der Waals surface area contributed by atoms with Gasteiger partial charge >= 0.3 is 15.5 Å². The monoisotopic (exact) mass is 551 g/mol. The molecule has 0 amide bonds. The third-order valence-corrected chi connectivity index (χ3v) is 5.86. The molecule has 1 fully saturated rings. The summed E-state index contributed by atoms with van der Waals surface area (Å²) in [6.07, 6.45) is 2.12. The molecular weight excluding hydrogens is 526 g/mol. The average Bonchev–Trinajstić information content (AvgIpc) is 2.66. The first-order valence-electron chi connectivity index (χ1n) is 8.79. The van der Waals surface area contributed by atoms with Crippen LogP contribution in [0.25, 0.3) is 0 Å². The summed E-state index contributed by atoms with van der Waals surface area (Å²) in [5.41, 5.74) is -4.44. The molecule has 166 valence electrons. The zero-order valence-corrected chi connectivity index (χ0v) is 19.2. The molecule has 0 unspecified atom stereocenters. The summed E-state index contributed by atoms with van der Waals surface area (Å²) >= 11 is 0. The van der Waals surface area contributed by atoms with Crippen LogP contribution in [0.3, 0.4) is 0 Å². The number of ether oxygens (including phenoxy) is 1. The second-order valence-electron chi connectivity index (χ2n) is 6.09. The molecule has 0 bridgehead atoms. The van der Waals surface area contributed by atoms with Gasteiger partial charge in [-0.15, -0.1) is 24.0 Å². The number of aliphatic imine (C=N–C) groups is 1. The molecule has 2 heterocycles. The van der Waals surface area contributed by atoms with Crippen LogP contribution in [-0.2, 0) is 16.6 Å². The number of halogens is 4. The van der Waals surface area contributed by atoms with Crippen LogP contribution in [0.4, 0.5) is 13.2 Å². The van der Waals surface area contributed by atoms with Crippen molar-refractivity contribution >= 4 is 40.0 Å². The summed E-state index contributed by atoms with van der Waals surface area (Å²) in [6.45, 7) is 2.33. The molecule has 13 heteroatoms. The van der Waals surface area contributed by atoms with Crippen molar-refractivity contribution in [2.24, 2.45) is 4.99 Å². The number of rotatable bonds is 6. The van der Waals surface area contributed by atoms with E-state index in [0.717, 1.165) is 5.56 Å². The number of nitrogens with one attached hydrogen (secondary N) is 2. The van der Waals surface area contributed by atoms with Gasteiger partial charge in [-0.25, -0.2) is 13.4 Å². The van der Waals surface area contributed by atoms with Crippen molar-refractivity contribution in [3.63, 3.8) is 0 Å². The fourth-order valence-electron chi connectivity index (χ4n) is 2.78. The number of aromatic nitrogens is 1. The van der Waals surface area contributed by atoms with Crippen LogP contribution in [0.2, 0.25) is 0 Å². The first-order valence-corrected chi connectivity index (χ1v) is 10.2. The Morgan fingerprint density at radius 3 is 2.59 bits per heavy atom. The van der Waals surface area contributed by atoms with Crippen molar-refractivity contribution < 1.29 is 26.3 Å². The number of pyridine rings is 1. The van der Waals surface area contributed by atoms with Crippen molar-refractivity contribution in [2.45, 2.75) is 37.9 Å². The van der Waals surface area contributed by atoms with Crippen molar-refractivity contribution in [3.8, 4) is 5.88 Å². The lowest BCUT2D eigenvalue weighted by molar-refractivity contribution is -0.0494. The molecular formula is C16H25F3IN5O3S. The Bertz CT molecular complexity index is 784. The van der Waals surface area contributed by atoms with Crippen molar-refractivity contribution in [1.82, 2.24) is 19.9 Å². The van der Waals surface area contributed by atoms with Gasteiger partial charge in [-0.2, -0.15) is 17.5 Å². The van der Waals surface area contributed by atoms with Gasteiger partial charge in [0.25, 0.3) is 0 Å². The summed E-state index contributed by atoms with van der Waals surface area (Å²) in [5.74, 6) is 0.974. The van der Waals surface area contributed by atoms with E-state index in [9.17, 15) is 21.6 Å². The zero-order valence-electron chi connectivity index (χ0n) is 16.1. The Labute approximate surface area is 185 Å². The summed E-state index contributed by atoms with van der Waals surface area (Å²) in [6, 6.07) is 3.46.